The fourth-order valence-electron chi connectivity index (χ4n) is 2.06. The molecule has 0 bridgehead atoms. The Morgan fingerprint density at radius 1 is 1.47 bits per heavy atom. The molecule has 0 radical (unpaired) electrons. The zero-order chi connectivity index (χ0) is 12.9. The Kier molecular flexibility index (Phi) is 5.39. The summed E-state index contributed by atoms with van der Waals surface area (Å²) in [6.07, 6.45) is 3.86. The maximum absolute atomic E-state index is 11.8. The average molecular weight is 262 g/mol. The van der Waals surface area contributed by atoms with E-state index in [1.165, 1.54) is 6.26 Å². The lowest BCUT2D eigenvalue weighted by atomic mass is 9.92. The number of hydrogen-bond donors (Lipinski definition) is 2. The molecule has 0 aliphatic carbocycles. The van der Waals surface area contributed by atoms with Gasteiger partial charge in [0, 0.05) is 12.8 Å². The van der Waals surface area contributed by atoms with Crippen molar-refractivity contribution in [3.05, 3.63) is 0 Å². The minimum Gasteiger partial charge on any atom is -0.355 e. The molecule has 1 amide bonds. The van der Waals surface area contributed by atoms with Gasteiger partial charge >= 0.3 is 0 Å². The van der Waals surface area contributed by atoms with Crippen LogP contribution in [0.3, 0.4) is 0 Å². The van der Waals surface area contributed by atoms with Crippen molar-refractivity contribution in [1.29, 1.82) is 0 Å². The van der Waals surface area contributed by atoms with Crippen molar-refractivity contribution in [3.63, 3.8) is 0 Å². The summed E-state index contributed by atoms with van der Waals surface area (Å²) < 4.78 is 21.8. The molecule has 1 aliphatic heterocycles. The second-order valence-electron chi connectivity index (χ2n) is 4.83. The number of rotatable bonds is 5. The van der Waals surface area contributed by atoms with E-state index in [0.717, 1.165) is 19.4 Å². The molecule has 2 N–H and O–H groups in total. The van der Waals surface area contributed by atoms with E-state index in [1.807, 2.05) is 0 Å². The minimum atomic E-state index is -2.92. The van der Waals surface area contributed by atoms with Crippen LogP contribution in [0.1, 0.15) is 26.2 Å². The van der Waals surface area contributed by atoms with Crippen molar-refractivity contribution in [2.75, 3.05) is 25.1 Å². The Morgan fingerprint density at radius 2 is 2.18 bits per heavy atom. The molecular weight excluding hydrogens is 240 g/mol. The van der Waals surface area contributed by atoms with Crippen molar-refractivity contribution in [2.24, 2.45) is 5.92 Å². The Hall–Kier alpha value is -0.620. The third-order valence-corrected chi connectivity index (χ3v) is 4.07. The first kappa shape index (κ1) is 14.4. The molecule has 17 heavy (non-hydrogen) atoms. The predicted molar refractivity (Wildman–Crippen MR) is 67.5 cm³/mol. The van der Waals surface area contributed by atoms with Crippen LogP contribution in [0.2, 0.25) is 0 Å². The molecule has 1 fully saturated rings. The van der Waals surface area contributed by atoms with Gasteiger partial charge in [-0.1, -0.05) is 6.92 Å². The Morgan fingerprint density at radius 3 is 2.76 bits per heavy atom. The predicted octanol–water partition coefficient (Wildman–Crippen LogP) is -0.0746. The molecule has 0 saturated carbocycles. The van der Waals surface area contributed by atoms with Crippen LogP contribution >= 0.6 is 0 Å². The molecule has 1 heterocycles. The molecule has 0 spiro atoms. The van der Waals surface area contributed by atoms with Gasteiger partial charge in [0.25, 0.3) is 0 Å². The van der Waals surface area contributed by atoms with E-state index in [9.17, 15) is 13.2 Å². The average Bonchev–Trinajstić information content (AvgIpc) is 2.23. The van der Waals surface area contributed by atoms with Gasteiger partial charge in [-0.3, -0.25) is 4.79 Å². The van der Waals surface area contributed by atoms with Gasteiger partial charge in [-0.05, 0) is 31.7 Å². The van der Waals surface area contributed by atoms with Crippen LogP contribution in [0.25, 0.3) is 0 Å². The summed E-state index contributed by atoms with van der Waals surface area (Å²) in [7, 11) is -2.92. The second-order valence-corrected chi connectivity index (χ2v) is 7.09. The Bertz CT molecular complexity index is 354. The first-order chi connectivity index (χ1) is 7.90. The summed E-state index contributed by atoms with van der Waals surface area (Å²) >= 11 is 0. The summed E-state index contributed by atoms with van der Waals surface area (Å²) in [4.78, 5) is 11.8. The molecule has 0 aromatic heterocycles. The first-order valence-corrected chi connectivity index (χ1v) is 8.15. The molecule has 6 heteroatoms. The van der Waals surface area contributed by atoms with E-state index in [-0.39, 0.29) is 17.7 Å². The van der Waals surface area contributed by atoms with E-state index in [2.05, 4.69) is 17.6 Å². The maximum Gasteiger partial charge on any atom is 0.237 e. The maximum atomic E-state index is 11.8. The molecule has 100 valence electrons. The summed E-state index contributed by atoms with van der Waals surface area (Å²) in [5.41, 5.74) is 0. The number of carbonyl (C=O) groups is 1. The second kappa shape index (κ2) is 6.35. The molecule has 1 aliphatic rings. The van der Waals surface area contributed by atoms with Gasteiger partial charge in [0.15, 0.2) is 0 Å². The normalized spacial score (nSPS) is 25.5. The molecular formula is C11H22N2O3S. The number of nitrogens with one attached hydrogen (secondary N) is 2. The number of sulfone groups is 1. The molecule has 1 rings (SSSR count). The van der Waals surface area contributed by atoms with Crippen LogP contribution in [0, 0.1) is 5.92 Å². The SMILES string of the molecule is CC1CCCNC1C(=O)NCCCS(C)(=O)=O. The van der Waals surface area contributed by atoms with E-state index in [1.54, 1.807) is 0 Å². The quantitative estimate of drug-likeness (QED) is 0.680. The van der Waals surface area contributed by atoms with Crippen LogP contribution in [-0.4, -0.2) is 45.5 Å². The summed E-state index contributed by atoms with van der Waals surface area (Å²) in [5, 5.41) is 5.98. The van der Waals surface area contributed by atoms with Gasteiger partial charge in [-0.2, -0.15) is 0 Å². The van der Waals surface area contributed by atoms with Crippen molar-refractivity contribution in [1.82, 2.24) is 10.6 Å². The molecule has 2 atom stereocenters. The van der Waals surface area contributed by atoms with E-state index >= 15 is 0 Å². The number of piperidine rings is 1. The first-order valence-electron chi connectivity index (χ1n) is 6.09. The third-order valence-electron chi connectivity index (χ3n) is 3.04. The highest BCUT2D eigenvalue weighted by Gasteiger charge is 2.26. The van der Waals surface area contributed by atoms with Crippen LogP contribution in [0.15, 0.2) is 0 Å². The number of carbonyl (C=O) groups excluding carboxylic acids is 1. The standard InChI is InChI=1S/C11H22N2O3S/c1-9-5-3-6-12-10(9)11(14)13-7-4-8-17(2,15)16/h9-10,12H,3-8H2,1-2H3,(H,13,14). The van der Waals surface area contributed by atoms with Gasteiger partial charge < -0.3 is 10.6 Å². The highest BCUT2D eigenvalue weighted by Crippen LogP contribution is 2.15. The Balaban J connectivity index is 2.24. The third kappa shape index (κ3) is 5.50. The van der Waals surface area contributed by atoms with Crippen molar-refractivity contribution >= 4 is 15.7 Å². The fourth-order valence-corrected chi connectivity index (χ4v) is 2.73. The van der Waals surface area contributed by atoms with Crippen LogP contribution in [0.4, 0.5) is 0 Å². The summed E-state index contributed by atoms with van der Waals surface area (Å²) in [5.74, 6) is 0.463. The van der Waals surface area contributed by atoms with Crippen LogP contribution in [0.5, 0.6) is 0 Å². The lowest BCUT2D eigenvalue weighted by molar-refractivity contribution is -0.124. The van der Waals surface area contributed by atoms with Gasteiger partial charge in [0.1, 0.15) is 9.84 Å². The summed E-state index contributed by atoms with van der Waals surface area (Å²) in [6, 6.07) is -0.123. The van der Waals surface area contributed by atoms with Crippen molar-refractivity contribution in [3.8, 4) is 0 Å². The van der Waals surface area contributed by atoms with Crippen molar-refractivity contribution in [2.45, 2.75) is 32.2 Å². The lowest BCUT2D eigenvalue weighted by Crippen LogP contribution is -2.51. The topological polar surface area (TPSA) is 75.3 Å². The monoisotopic (exact) mass is 262 g/mol. The number of hydrogen-bond acceptors (Lipinski definition) is 4. The molecule has 2 unspecified atom stereocenters. The highest BCUT2D eigenvalue weighted by molar-refractivity contribution is 7.90. The molecule has 0 aromatic rings. The fraction of sp³-hybridized carbons (Fsp3) is 0.909. The van der Waals surface area contributed by atoms with Gasteiger partial charge in [0.05, 0.1) is 11.8 Å². The van der Waals surface area contributed by atoms with Crippen LogP contribution < -0.4 is 10.6 Å². The van der Waals surface area contributed by atoms with Crippen molar-refractivity contribution < 1.29 is 13.2 Å². The minimum absolute atomic E-state index is 0.00861. The van der Waals surface area contributed by atoms with Gasteiger partial charge in [0.2, 0.25) is 5.91 Å². The smallest absolute Gasteiger partial charge is 0.237 e. The molecule has 1 saturated heterocycles. The van der Waals surface area contributed by atoms with Crippen LogP contribution in [-0.2, 0) is 14.6 Å². The zero-order valence-corrected chi connectivity index (χ0v) is 11.3. The van der Waals surface area contributed by atoms with E-state index in [4.69, 9.17) is 0 Å². The largest absolute Gasteiger partial charge is 0.355 e. The Labute approximate surface area is 103 Å². The van der Waals surface area contributed by atoms with E-state index in [0.29, 0.717) is 18.9 Å². The molecule has 0 aromatic carbocycles. The molecule has 5 nitrogen and oxygen atoms in total. The summed E-state index contributed by atoms with van der Waals surface area (Å²) in [6.45, 7) is 3.37. The van der Waals surface area contributed by atoms with Gasteiger partial charge in [-0.15, -0.1) is 0 Å². The van der Waals surface area contributed by atoms with E-state index < -0.39 is 9.84 Å². The lowest BCUT2D eigenvalue weighted by Gasteiger charge is -2.28. The highest BCUT2D eigenvalue weighted by atomic mass is 32.2. The zero-order valence-electron chi connectivity index (χ0n) is 10.5. The van der Waals surface area contributed by atoms with Gasteiger partial charge in [-0.25, -0.2) is 8.42 Å². The number of amides is 1.